The Morgan fingerprint density at radius 2 is 1.17 bits per heavy atom. The van der Waals surface area contributed by atoms with Crippen LogP contribution in [0.5, 0.6) is 11.5 Å². The van der Waals surface area contributed by atoms with Crippen molar-refractivity contribution in [3.63, 3.8) is 0 Å². The summed E-state index contributed by atoms with van der Waals surface area (Å²) in [5.41, 5.74) is 2.28. The lowest BCUT2D eigenvalue weighted by Gasteiger charge is -2.11. The third-order valence-corrected chi connectivity index (χ3v) is 4.50. The topological polar surface area (TPSA) is 27.7 Å². The molecule has 3 nitrogen and oxygen atoms in total. The van der Waals surface area contributed by atoms with E-state index in [1.807, 2.05) is 24.3 Å². The van der Waals surface area contributed by atoms with Gasteiger partial charge in [0.1, 0.15) is 11.5 Å². The summed E-state index contributed by atoms with van der Waals surface area (Å²) < 4.78 is 18.6. The van der Waals surface area contributed by atoms with Gasteiger partial charge in [-0.25, -0.2) is 0 Å². The molecule has 0 radical (unpaired) electrons. The summed E-state index contributed by atoms with van der Waals surface area (Å²) in [5, 5.41) is 0. The van der Waals surface area contributed by atoms with Crippen LogP contribution in [0.25, 0.3) is 0 Å². The third kappa shape index (κ3) is 5.52. The Morgan fingerprint density at radius 1 is 0.739 bits per heavy atom. The van der Waals surface area contributed by atoms with E-state index >= 15 is 0 Å². The van der Waals surface area contributed by atoms with Crippen molar-refractivity contribution in [1.82, 2.24) is 0 Å². The quantitative estimate of drug-likeness (QED) is 0.535. The Morgan fingerprint density at radius 3 is 1.57 bits per heavy atom. The first-order chi connectivity index (χ1) is 11.1. The van der Waals surface area contributed by atoms with Gasteiger partial charge in [0, 0.05) is 8.95 Å². The van der Waals surface area contributed by atoms with E-state index in [0.29, 0.717) is 13.2 Å². The molecule has 0 amide bonds. The van der Waals surface area contributed by atoms with Gasteiger partial charge in [-0.3, -0.25) is 0 Å². The SMILES string of the molecule is COc1ccc(Br)cc1CCOCCc1cc(Br)ccc1OC. The molecule has 2 aromatic carbocycles. The Kier molecular flexibility index (Phi) is 7.40. The van der Waals surface area contributed by atoms with Gasteiger partial charge >= 0.3 is 0 Å². The highest BCUT2D eigenvalue weighted by atomic mass is 79.9. The van der Waals surface area contributed by atoms with Crippen molar-refractivity contribution in [3.05, 3.63) is 56.5 Å². The number of rotatable bonds is 8. The van der Waals surface area contributed by atoms with Gasteiger partial charge in [0.2, 0.25) is 0 Å². The van der Waals surface area contributed by atoms with Crippen molar-refractivity contribution in [3.8, 4) is 11.5 Å². The molecule has 0 fully saturated rings. The zero-order chi connectivity index (χ0) is 16.7. The predicted octanol–water partition coefficient (Wildman–Crippen LogP) is 5.03. The van der Waals surface area contributed by atoms with E-state index in [2.05, 4.69) is 44.0 Å². The van der Waals surface area contributed by atoms with Crippen molar-refractivity contribution in [2.24, 2.45) is 0 Å². The van der Waals surface area contributed by atoms with E-state index in [4.69, 9.17) is 14.2 Å². The fourth-order valence-corrected chi connectivity index (χ4v) is 3.17. The van der Waals surface area contributed by atoms with Crippen molar-refractivity contribution in [2.75, 3.05) is 27.4 Å². The smallest absolute Gasteiger partial charge is 0.122 e. The van der Waals surface area contributed by atoms with Crippen molar-refractivity contribution in [2.45, 2.75) is 12.8 Å². The summed E-state index contributed by atoms with van der Waals surface area (Å²) in [5.74, 6) is 1.79. The molecule has 0 spiro atoms. The average molecular weight is 444 g/mol. The van der Waals surface area contributed by atoms with E-state index in [9.17, 15) is 0 Å². The molecule has 0 heterocycles. The molecule has 0 atom stereocenters. The highest BCUT2D eigenvalue weighted by molar-refractivity contribution is 9.10. The maximum atomic E-state index is 5.78. The molecular formula is C18H20Br2O3. The maximum absolute atomic E-state index is 5.78. The fraction of sp³-hybridized carbons (Fsp3) is 0.333. The summed E-state index contributed by atoms with van der Waals surface area (Å²) in [4.78, 5) is 0. The van der Waals surface area contributed by atoms with Crippen molar-refractivity contribution >= 4 is 31.9 Å². The molecule has 2 rings (SSSR count). The minimum absolute atomic E-state index is 0.656. The first-order valence-electron chi connectivity index (χ1n) is 7.36. The van der Waals surface area contributed by atoms with Crippen LogP contribution in [-0.2, 0) is 17.6 Å². The molecule has 0 unspecified atom stereocenters. The van der Waals surface area contributed by atoms with Crippen LogP contribution in [0.3, 0.4) is 0 Å². The highest BCUT2D eigenvalue weighted by Crippen LogP contribution is 2.24. The molecule has 23 heavy (non-hydrogen) atoms. The molecule has 0 bridgehead atoms. The molecule has 0 saturated carbocycles. The standard InChI is InChI=1S/C18H20Br2O3/c1-21-17-5-3-15(19)11-13(17)7-9-23-10-8-14-12-16(20)4-6-18(14)22-2/h3-6,11-12H,7-10H2,1-2H3. The minimum atomic E-state index is 0.656. The Hall–Kier alpha value is -1.04. The molecular weight excluding hydrogens is 424 g/mol. The van der Waals surface area contributed by atoms with Gasteiger partial charge in [-0.05, 0) is 60.4 Å². The van der Waals surface area contributed by atoms with Crippen LogP contribution in [0.15, 0.2) is 45.3 Å². The number of benzene rings is 2. The second kappa shape index (κ2) is 9.30. The lowest BCUT2D eigenvalue weighted by atomic mass is 10.1. The zero-order valence-corrected chi connectivity index (χ0v) is 16.4. The van der Waals surface area contributed by atoms with E-state index in [0.717, 1.165) is 44.4 Å². The van der Waals surface area contributed by atoms with Crippen LogP contribution < -0.4 is 9.47 Å². The second-order valence-corrected chi connectivity index (χ2v) is 6.86. The third-order valence-electron chi connectivity index (χ3n) is 3.52. The second-order valence-electron chi connectivity index (χ2n) is 5.02. The van der Waals surface area contributed by atoms with Gasteiger partial charge in [-0.2, -0.15) is 0 Å². The van der Waals surface area contributed by atoms with Crippen LogP contribution in [0.2, 0.25) is 0 Å². The Balaban J connectivity index is 1.82. The molecule has 2 aromatic rings. The van der Waals surface area contributed by atoms with E-state index in [-0.39, 0.29) is 0 Å². The molecule has 0 aliphatic heterocycles. The molecule has 124 valence electrons. The van der Waals surface area contributed by atoms with E-state index in [1.54, 1.807) is 14.2 Å². The summed E-state index contributed by atoms with van der Waals surface area (Å²) in [6.45, 7) is 1.31. The summed E-state index contributed by atoms with van der Waals surface area (Å²) >= 11 is 6.97. The number of ether oxygens (including phenoxy) is 3. The lowest BCUT2D eigenvalue weighted by Crippen LogP contribution is -2.05. The summed E-state index contributed by atoms with van der Waals surface area (Å²) in [6, 6.07) is 12.0. The molecule has 0 aromatic heterocycles. The molecule has 0 saturated heterocycles. The molecule has 5 heteroatoms. The number of halogens is 2. The first kappa shape index (κ1) is 18.3. The average Bonchev–Trinajstić information content (AvgIpc) is 2.55. The number of methoxy groups -OCH3 is 2. The normalized spacial score (nSPS) is 10.6. The van der Waals surface area contributed by atoms with Gasteiger partial charge in [-0.15, -0.1) is 0 Å². The first-order valence-corrected chi connectivity index (χ1v) is 8.95. The van der Waals surface area contributed by atoms with E-state index < -0.39 is 0 Å². The maximum Gasteiger partial charge on any atom is 0.122 e. The minimum Gasteiger partial charge on any atom is -0.496 e. The van der Waals surface area contributed by atoms with Gasteiger partial charge in [0.15, 0.2) is 0 Å². The zero-order valence-electron chi connectivity index (χ0n) is 13.3. The lowest BCUT2D eigenvalue weighted by molar-refractivity contribution is 0.139. The predicted molar refractivity (Wildman–Crippen MR) is 99.6 cm³/mol. The van der Waals surface area contributed by atoms with Crippen LogP contribution in [0.4, 0.5) is 0 Å². The molecule has 0 aliphatic rings. The largest absolute Gasteiger partial charge is 0.496 e. The molecule has 0 N–H and O–H groups in total. The summed E-state index contributed by atoms with van der Waals surface area (Å²) in [7, 11) is 3.38. The summed E-state index contributed by atoms with van der Waals surface area (Å²) in [6.07, 6.45) is 1.64. The number of hydrogen-bond acceptors (Lipinski definition) is 3. The molecule has 0 aliphatic carbocycles. The van der Waals surface area contributed by atoms with Crippen LogP contribution in [0.1, 0.15) is 11.1 Å². The van der Waals surface area contributed by atoms with E-state index in [1.165, 1.54) is 0 Å². The van der Waals surface area contributed by atoms with Crippen molar-refractivity contribution < 1.29 is 14.2 Å². The monoisotopic (exact) mass is 442 g/mol. The van der Waals surface area contributed by atoms with Gasteiger partial charge < -0.3 is 14.2 Å². The van der Waals surface area contributed by atoms with Gasteiger partial charge in [0.05, 0.1) is 27.4 Å². The van der Waals surface area contributed by atoms with Gasteiger partial charge in [0.25, 0.3) is 0 Å². The van der Waals surface area contributed by atoms with Crippen LogP contribution in [0, 0.1) is 0 Å². The number of hydrogen-bond donors (Lipinski definition) is 0. The van der Waals surface area contributed by atoms with Crippen molar-refractivity contribution in [1.29, 1.82) is 0 Å². The highest BCUT2D eigenvalue weighted by Gasteiger charge is 2.06. The van der Waals surface area contributed by atoms with Crippen LogP contribution in [-0.4, -0.2) is 27.4 Å². The Bertz CT molecular complexity index is 589. The van der Waals surface area contributed by atoms with Gasteiger partial charge in [-0.1, -0.05) is 31.9 Å². The van der Waals surface area contributed by atoms with Crippen LogP contribution >= 0.6 is 31.9 Å². The Labute approximate surface area is 154 Å². The fourth-order valence-electron chi connectivity index (χ4n) is 2.35.